The molecule has 0 bridgehead atoms. The van der Waals surface area contributed by atoms with Gasteiger partial charge >= 0.3 is 5.97 Å². The molecular formula is C30H47Cl2N3O6. The smallest absolute Gasteiger partial charge is 0.338 e. The van der Waals surface area contributed by atoms with E-state index >= 15 is 0 Å². The molecule has 1 aliphatic rings. The Morgan fingerprint density at radius 3 is 2.22 bits per heavy atom. The van der Waals surface area contributed by atoms with Crippen LogP contribution in [0.15, 0.2) is 42.5 Å². The summed E-state index contributed by atoms with van der Waals surface area (Å²) in [5.74, 6) is 0.817. The molecule has 0 aromatic heterocycles. The van der Waals surface area contributed by atoms with Gasteiger partial charge in [0.1, 0.15) is 0 Å². The van der Waals surface area contributed by atoms with Gasteiger partial charge in [-0.2, -0.15) is 0 Å². The van der Waals surface area contributed by atoms with Gasteiger partial charge in [0.15, 0.2) is 11.5 Å². The van der Waals surface area contributed by atoms with Crippen LogP contribution in [0.1, 0.15) is 41.6 Å². The maximum Gasteiger partial charge on any atom is 0.338 e. The molecule has 11 heteroatoms. The lowest BCUT2D eigenvalue weighted by Crippen LogP contribution is -2.34. The summed E-state index contributed by atoms with van der Waals surface area (Å²) in [4.78, 5) is 17.2. The number of carbonyl (C=O) groups excluding carboxylic acids is 1. The molecule has 3 rings (SSSR count). The normalized spacial score (nSPS) is 14.6. The average molecular weight is 617 g/mol. The molecule has 0 amide bonds. The summed E-state index contributed by atoms with van der Waals surface area (Å²) in [7, 11) is 4.42. The Morgan fingerprint density at radius 2 is 1.59 bits per heavy atom. The number of methoxy groups -OCH3 is 3. The standard InChI is InChI=1S/C30H45N3O6.2ClH/c1-35-27-21-25(30(34)37-3)22-28(29(27)36-2)38-20-12-26(39-23-24-9-5-4-6-10-24)11-17-33-16-8-15-32(18-19-33)14-7-13-31;;/h4-6,9-10,21-22,26H,7-8,11-20,23,31H2,1-3H3;2*1H. The zero-order chi connectivity index (χ0) is 27.9. The molecule has 1 unspecified atom stereocenters. The van der Waals surface area contributed by atoms with Crippen LogP contribution < -0.4 is 19.9 Å². The predicted octanol–water partition coefficient (Wildman–Crippen LogP) is 4.43. The van der Waals surface area contributed by atoms with Gasteiger partial charge in [-0.1, -0.05) is 30.3 Å². The first kappa shape index (κ1) is 36.8. The summed E-state index contributed by atoms with van der Waals surface area (Å²) >= 11 is 0. The van der Waals surface area contributed by atoms with Crippen molar-refractivity contribution in [3.05, 3.63) is 53.6 Å². The molecule has 2 aromatic carbocycles. The third-order valence-corrected chi connectivity index (χ3v) is 7.02. The molecule has 2 aromatic rings. The molecule has 1 aliphatic heterocycles. The highest BCUT2D eigenvalue weighted by Crippen LogP contribution is 2.38. The van der Waals surface area contributed by atoms with Crippen molar-refractivity contribution < 1.29 is 28.5 Å². The average Bonchev–Trinajstić information content (AvgIpc) is 3.21. The minimum Gasteiger partial charge on any atom is -0.493 e. The van der Waals surface area contributed by atoms with Gasteiger partial charge in [0.05, 0.1) is 46.2 Å². The van der Waals surface area contributed by atoms with Gasteiger partial charge in [0.2, 0.25) is 5.75 Å². The van der Waals surface area contributed by atoms with Crippen LogP contribution in [0.4, 0.5) is 0 Å². The zero-order valence-corrected chi connectivity index (χ0v) is 26.2. The van der Waals surface area contributed by atoms with E-state index in [2.05, 4.69) is 21.9 Å². The van der Waals surface area contributed by atoms with Crippen LogP contribution in [-0.2, 0) is 16.1 Å². The predicted molar refractivity (Wildman–Crippen MR) is 166 cm³/mol. The monoisotopic (exact) mass is 615 g/mol. The van der Waals surface area contributed by atoms with E-state index in [9.17, 15) is 4.79 Å². The van der Waals surface area contributed by atoms with Gasteiger partial charge in [-0.25, -0.2) is 4.79 Å². The first-order valence-corrected chi connectivity index (χ1v) is 13.8. The van der Waals surface area contributed by atoms with Gasteiger partial charge in [-0.3, -0.25) is 0 Å². The number of rotatable bonds is 16. The maximum atomic E-state index is 12.2. The van der Waals surface area contributed by atoms with E-state index in [4.69, 9.17) is 29.4 Å². The van der Waals surface area contributed by atoms with Crippen molar-refractivity contribution in [2.45, 2.75) is 38.4 Å². The number of hydrogen-bond donors (Lipinski definition) is 1. The Labute approximate surface area is 257 Å². The summed E-state index contributed by atoms with van der Waals surface area (Å²) in [6, 6.07) is 13.4. The first-order chi connectivity index (χ1) is 19.1. The SMILES string of the molecule is COC(=O)c1cc(OC)c(OC)c(OCCC(CCN2CCCN(CCCN)CC2)OCc2ccccc2)c1.Cl.Cl. The molecule has 0 saturated carbocycles. The number of hydrogen-bond acceptors (Lipinski definition) is 9. The number of nitrogens with zero attached hydrogens (tertiary/aromatic N) is 2. The van der Waals surface area contributed by atoms with Crippen molar-refractivity contribution in [2.75, 3.05) is 73.7 Å². The van der Waals surface area contributed by atoms with Gasteiger partial charge in [0.25, 0.3) is 0 Å². The van der Waals surface area contributed by atoms with Crippen LogP contribution in [0, 0.1) is 0 Å². The summed E-state index contributed by atoms with van der Waals surface area (Å²) in [6.45, 7) is 8.11. The van der Waals surface area contributed by atoms with Gasteiger partial charge < -0.3 is 39.2 Å². The van der Waals surface area contributed by atoms with Gasteiger partial charge in [0, 0.05) is 26.1 Å². The molecule has 1 fully saturated rings. The summed E-state index contributed by atoms with van der Waals surface area (Å²) in [5, 5.41) is 0. The number of halogens is 2. The topological polar surface area (TPSA) is 95.7 Å². The van der Waals surface area contributed by atoms with Crippen LogP contribution in [0.2, 0.25) is 0 Å². The van der Waals surface area contributed by atoms with Crippen molar-refractivity contribution in [3.8, 4) is 17.2 Å². The summed E-state index contributed by atoms with van der Waals surface area (Å²) in [6.07, 6.45) is 3.83. The number of nitrogens with two attached hydrogens (primary N) is 1. The van der Waals surface area contributed by atoms with Gasteiger partial charge in [-0.15, -0.1) is 24.8 Å². The third kappa shape index (κ3) is 12.2. The molecule has 0 spiro atoms. The van der Waals surface area contributed by atoms with E-state index in [1.54, 1.807) is 19.2 Å². The summed E-state index contributed by atoms with van der Waals surface area (Å²) in [5.41, 5.74) is 7.18. The molecular weight excluding hydrogens is 569 g/mol. The minimum atomic E-state index is -0.469. The fraction of sp³-hybridized carbons (Fsp3) is 0.567. The lowest BCUT2D eigenvalue weighted by Gasteiger charge is -2.25. The zero-order valence-electron chi connectivity index (χ0n) is 24.5. The second-order valence-corrected chi connectivity index (χ2v) is 9.72. The number of ether oxygens (including phenoxy) is 5. The highest BCUT2D eigenvalue weighted by molar-refractivity contribution is 5.91. The largest absolute Gasteiger partial charge is 0.493 e. The quantitative estimate of drug-likeness (QED) is 0.275. The van der Waals surface area contributed by atoms with Crippen molar-refractivity contribution in [1.29, 1.82) is 0 Å². The lowest BCUT2D eigenvalue weighted by molar-refractivity contribution is 0.0149. The van der Waals surface area contributed by atoms with Gasteiger partial charge in [-0.05, 0) is 63.1 Å². The van der Waals surface area contributed by atoms with E-state index < -0.39 is 5.97 Å². The van der Waals surface area contributed by atoms with Crippen LogP contribution in [0.3, 0.4) is 0 Å². The van der Waals surface area contributed by atoms with E-state index in [-0.39, 0.29) is 30.9 Å². The fourth-order valence-electron chi connectivity index (χ4n) is 4.79. The second-order valence-electron chi connectivity index (χ2n) is 9.72. The fourth-order valence-corrected chi connectivity index (χ4v) is 4.79. The maximum absolute atomic E-state index is 12.2. The Balaban J connectivity index is 0.00000420. The van der Waals surface area contributed by atoms with Crippen LogP contribution in [0.25, 0.3) is 0 Å². The first-order valence-electron chi connectivity index (χ1n) is 13.8. The number of benzene rings is 2. The molecule has 0 radical (unpaired) electrons. The Morgan fingerprint density at radius 1 is 0.902 bits per heavy atom. The Hall–Kier alpha value is -2.27. The Kier molecular flexibility index (Phi) is 18.5. The molecule has 1 heterocycles. The van der Waals surface area contributed by atoms with E-state index in [1.165, 1.54) is 20.6 Å². The lowest BCUT2D eigenvalue weighted by atomic mass is 10.1. The van der Waals surface area contributed by atoms with Crippen LogP contribution in [-0.4, -0.2) is 95.6 Å². The van der Waals surface area contributed by atoms with Crippen molar-refractivity contribution in [3.63, 3.8) is 0 Å². The highest BCUT2D eigenvalue weighted by atomic mass is 35.5. The van der Waals surface area contributed by atoms with Crippen LogP contribution >= 0.6 is 24.8 Å². The molecule has 232 valence electrons. The number of carbonyl (C=O) groups is 1. The van der Waals surface area contributed by atoms with E-state index in [0.29, 0.717) is 42.4 Å². The molecule has 9 nitrogen and oxygen atoms in total. The van der Waals surface area contributed by atoms with Crippen molar-refractivity contribution >= 4 is 30.8 Å². The highest BCUT2D eigenvalue weighted by Gasteiger charge is 2.20. The van der Waals surface area contributed by atoms with Crippen LogP contribution in [0.5, 0.6) is 17.2 Å². The molecule has 2 N–H and O–H groups in total. The third-order valence-electron chi connectivity index (χ3n) is 7.02. The number of esters is 1. The van der Waals surface area contributed by atoms with E-state index in [0.717, 1.165) is 64.2 Å². The molecule has 0 aliphatic carbocycles. The van der Waals surface area contributed by atoms with E-state index in [1.807, 2.05) is 18.2 Å². The molecule has 1 atom stereocenters. The van der Waals surface area contributed by atoms with Crippen molar-refractivity contribution in [2.24, 2.45) is 5.73 Å². The molecule has 41 heavy (non-hydrogen) atoms. The molecule has 1 saturated heterocycles. The van der Waals surface area contributed by atoms with Crippen molar-refractivity contribution in [1.82, 2.24) is 9.80 Å². The minimum absolute atomic E-state index is 0. The Bertz CT molecular complexity index is 1000. The second kappa shape index (κ2) is 20.6. The summed E-state index contributed by atoms with van der Waals surface area (Å²) < 4.78 is 28.3.